The predicted molar refractivity (Wildman–Crippen MR) is 92.3 cm³/mol. The second-order valence-corrected chi connectivity index (χ2v) is 5.55. The Morgan fingerprint density at radius 1 is 0.920 bits per heavy atom. The number of nitrogens with one attached hydrogen (secondary N) is 2. The average Bonchev–Trinajstić information content (AvgIpc) is 3.02. The Morgan fingerprint density at radius 2 is 1.76 bits per heavy atom. The lowest BCUT2D eigenvalue weighted by Crippen LogP contribution is -2.02. The van der Waals surface area contributed by atoms with Crippen molar-refractivity contribution in [2.75, 3.05) is 17.4 Å². The van der Waals surface area contributed by atoms with E-state index in [9.17, 15) is 4.39 Å². The van der Waals surface area contributed by atoms with Crippen molar-refractivity contribution in [3.8, 4) is 11.5 Å². The summed E-state index contributed by atoms with van der Waals surface area (Å²) in [5.74, 6) is 2.08. The second kappa shape index (κ2) is 6.27. The van der Waals surface area contributed by atoms with Crippen molar-refractivity contribution >= 4 is 23.1 Å². The predicted octanol–water partition coefficient (Wildman–Crippen LogP) is 4.14. The van der Waals surface area contributed by atoms with Crippen LogP contribution >= 0.6 is 0 Å². The van der Waals surface area contributed by atoms with E-state index in [0.29, 0.717) is 29.0 Å². The van der Waals surface area contributed by atoms with Crippen molar-refractivity contribution < 1.29 is 13.9 Å². The molecule has 3 aromatic rings. The Morgan fingerprint density at radius 3 is 2.64 bits per heavy atom. The zero-order chi connectivity index (χ0) is 17.2. The van der Waals surface area contributed by atoms with Crippen LogP contribution in [-0.4, -0.2) is 16.8 Å². The second-order valence-electron chi connectivity index (χ2n) is 5.55. The molecular formula is C18H15FN4O2. The van der Waals surface area contributed by atoms with Gasteiger partial charge < -0.3 is 20.1 Å². The number of benzene rings is 2. The highest BCUT2D eigenvalue weighted by Gasteiger charge is 2.13. The smallest absolute Gasteiger partial charge is 0.231 e. The van der Waals surface area contributed by atoms with E-state index in [-0.39, 0.29) is 12.6 Å². The van der Waals surface area contributed by atoms with Gasteiger partial charge in [0.25, 0.3) is 0 Å². The summed E-state index contributed by atoms with van der Waals surface area (Å²) in [4.78, 5) is 8.79. The molecule has 1 aromatic heterocycles. The highest BCUT2D eigenvalue weighted by atomic mass is 19.1. The van der Waals surface area contributed by atoms with Crippen molar-refractivity contribution in [3.05, 3.63) is 60.0 Å². The Hall–Kier alpha value is -3.35. The Kier molecular flexibility index (Phi) is 3.81. The molecule has 0 radical (unpaired) electrons. The summed E-state index contributed by atoms with van der Waals surface area (Å²) in [6.45, 7) is 2.09. The van der Waals surface area contributed by atoms with Crippen LogP contribution in [0, 0.1) is 12.7 Å². The number of rotatable bonds is 4. The number of hydrogen-bond donors (Lipinski definition) is 2. The van der Waals surface area contributed by atoms with Crippen LogP contribution in [0.5, 0.6) is 11.5 Å². The summed E-state index contributed by atoms with van der Waals surface area (Å²) in [6.07, 6.45) is 0. The van der Waals surface area contributed by atoms with Crippen molar-refractivity contribution in [1.82, 2.24) is 9.97 Å². The van der Waals surface area contributed by atoms with E-state index >= 15 is 0 Å². The van der Waals surface area contributed by atoms with Gasteiger partial charge in [-0.2, -0.15) is 4.98 Å². The largest absolute Gasteiger partial charge is 0.454 e. The number of aromatic nitrogens is 2. The molecule has 0 unspecified atom stereocenters. The Balaban J connectivity index is 1.57. The van der Waals surface area contributed by atoms with Crippen LogP contribution < -0.4 is 20.1 Å². The third-order valence-electron chi connectivity index (χ3n) is 3.58. The number of aryl methyl sites for hydroxylation is 1. The lowest BCUT2D eigenvalue weighted by atomic mass is 10.3. The topological polar surface area (TPSA) is 68.3 Å². The fraction of sp³-hybridized carbons (Fsp3) is 0.111. The van der Waals surface area contributed by atoms with E-state index in [1.54, 1.807) is 18.2 Å². The van der Waals surface area contributed by atoms with Crippen molar-refractivity contribution in [2.24, 2.45) is 0 Å². The number of anilines is 4. The molecule has 0 bridgehead atoms. The zero-order valence-corrected chi connectivity index (χ0v) is 13.4. The minimum atomic E-state index is -0.311. The third kappa shape index (κ3) is 3.45. The maximum Gasteiger partial charge on any atom is 0.231 e. The van der Waals surface area contributed by atoms with Crippen LogP contribution in [-0.2, 0) is 0 Å². The Labute approximate surface area is 143 Å². The molecule has 2 N–H and O–H groups in total. The first-order valence-corrected chi connectivity index (χ1v) is 7.71. The van der Waals surface area contributed by atoms with E-state index in [4.69, 9.17) is 9.47 Å². The molecule has 126 valence electrons. The zero-order valence-electron chi connectivity index (χ0n) is 13.4. The minimum absolute atomic E-state index is 0.224. The molecule has 2 aromatic carbocycles. The molecule has 0 fully saturated rings. The molecule has 0 saturated heterocycles. The van der Waals surface area contributed by atoms with E-state index in [2.05, 4.69) is 20.6 Å². The molecule has 1 aliphatic rings. The van der Waals surface area contributed by atoms with E-state index in [1.165, 1.54) is 12.1 Å². The molecule has 0 aliphatic carbocycles. The van der Waals surface area contributed by atoms with Crippen molar-refractivity contribution in [3.63, 3.8) is 0 Å². The van der Waals surface area contributed by atoms with Gasteiger partial charge in [-0.25, -0.2) is 9.37 Å². The first kappa shape index (κ1) is 15.2. The van der Waals surface area contributed by atoms with Crippen LogP contribution in [0.1, 0.15) is 5.69 Å². The van der Waals surface area contributed by atoms with E-state index in [0.717, 1.165) is 11.4 Å². The Bertz CT molecular complexity index is 933. The normalized spacial score (nSPS) is 12.1. The molecule has 1 aliphatic heterocycles. The summed E-state index contributed by atoms with van der Waals surface area (Å²) in [5.41, 5.74) is 2.18. The lowest BCUT2D eigenvalue weighted by Gasteiger charge is -2.10. The van der Waals surface area contributed by atoms with Crippen LogP contribution in [0.4, 0.5) is 27.5 Å². The molecule has 0 spiro atoms. The molecule has 0 amide bonds. The van der Waals surface area contributed by atoms with Crippen LogP contribution in [0.15, 0.2) is 48.5 Å². The number of fused-ring (bicyclic) bond motifs is 1. The summed E-state index contributed by atoms with van der Waals surface area (Å²) in [5, 5.41) is 6.22. The fourth-order valence-corrected chi connectivity index (χ4v) is 2.51. The SMILES string of the molecule is Cc1cc(Nc2cccc(F)c2)nc(Nc2ccc3c(c2)OCO3)n1. The fourth-order valence-electron chi connectivity index (χ4n) is 2.51. The van der Waals surface area contributed by atoms with Gasteiger partial charge in [0.15, 0.2) is 11.5 Å². The molecule has 6 nitrogen and oxygen atoms in total. The standard InChI is InChI=1S/C18H15FN4O2/c1-11-7-17(21-13-4-2-3-12(19)8-13)23-18(20-11)22-14-5-6-15-16(9-14)25-10-24-15/h2-9H,10H2,1H3,(H2,20,21,22,23). The van der Waals surface area contributed by atoms with Gasteiger partial charge in [-0.3, -0.25) is 0 Å². The molecule has 0 atom stereocenters. The molecule has 7 heteroatoms. The van der Waals surface area contributed by atoms with Gasteiger partial charge in [-0.1, -0.05) is 6.07 Å². The number of nitrogens with zero attached hydrogens (tertiary/aromatic N) is 2. The summed E-state index contributed by atoms with van der Waals surface area (Å²) < 4.78 is 24.0. The monoisotopic (exact) mass is 338 g/mol. The number of hydrogen-bond acceptors (Lipinski definition) is 6. The number of ether oxygens (including phenoxy) is 2. The maximum atomic E-state index is 13.3. The first-order valence-electron chi connectivity index (χ1n) is 7.71. The van der Waals surface area contributed by atoms with Gasteiger partial charge in [0.1, 0.15) is 11.6 Å². The average molecular weight is 338 g/mol. The third-order valence-corrected chi connectivity index (χ3v) is 3.58. The van der Waals surface area contributed by atoms with Crippen LogP contribution in [0.25, 0.3) is 0 Å². The minimum Gasteiger partial charge on any atom is -0.454 e. The van der Waals surface area contributed by atoms with Crippen LogP contribution in [0.2, 0.25) is 0 Å². The summed E-state index contributed by atoms with van der Waals surface area (Å²) >= 11 is 0. The van der Waals surface area contributed by atoms with Gasteiger partial charge in [0, 0.05) is 29.2 Å². The molecule has 4 rings (SSSR count). The van der Waals surface area contributed by atoms with Crippen LogP contribution in [0.3, 0.4) is 0 Å². The highest BCUT2D eigenvalue weighted by molar-refractivity contribution is 5.63. The first-order chi connectivity index (χ1) is 12.2. The molecule has 25 heavy (non-hydrogen) atoms. The van der Waals surface area contributed by atoms with Crippen molar-refractivity contribution in [2.45, 2.75) is 6.92 Å². The highest BCUT2D eigenvalue weighted by Crippen LogP contribution is 2.34. The van der Waals surface area contributed by atoms with Gasteiger partial charge in [-0.05, 0) is 37.3 Å². The van der Waals surface area contributed by atoms with Gasteiger partial charge in [-0.15, -0.1) is 0 Å². The molecular weight excluding hydrogens is 323 g/mol. The molecule has 0 saturated carbocycles. The van der Waals surface area contributed by atoms with Crippen molar-refractivity contribution in [1.29, 1.82) is 0 Å². The van der Waals surface area contributed by atoms with E-state index < -0.39 is 0 Å². The maximum absolute atomic E-state index is 13.3. The molecule has 2 heterocycles. The summed E-state index contributed by atoms with van der Waals surface area (Å²) in [7, 11) is 0. The summed E-state index contributed by atoms with van der Waals surface area (Å²) in [6, 6.07) is 13.5. The number of halogens is 1. The quantitative estimate of drug-likeness (QED) is 0.745. The van der Waals surface area contributed by atoms with Gasteiger partial charge >= 0.3 is 0 Å². The van der Waals surface area contributed by atoms with Gasteiger partial charge in [0.2, 0.25) is 12.7 Å². The van der Waals surface area contributed by atoms with Gasteiger partial charge in [0.05, 0.1) is 0 Å². The lowest BCUT2D eigenvalue weighted by molar-refractivity contribution is 0.174. The van der Waals surface area contributed by atoms with E-state index in [1.807, 2.05) is 25.1 Å².